The summed E-state index contributed by atoms with van der Waals surface area (Å²) in [5.74, 6) is 0.109. The molecule has 1 heterocycles. The van der Waals surface area contributed by atoms with Crippen LogP contribution in [0.1, 0.15) is 47.5 Å². The van der Waals surface area contributed by atoms with Gasteiger partial charge in [0, 0.05) is 24.8 Å². The van der Waals surface area contributed by atoms with Crippen LogP contribution in [0.15, 0.2) is 18.3 Å². The van der Waals surface area contributed by atoms with Crippen molar-refractivity contribution in [1.29, 1.82) is 0 Å². The number of nitrogens with one attached hydrogen (secondary N) is 2. The predicted octanol–water partition coefficient (Wildman–Crippen LogP) is 1.54. The molecule has 2 amide bonds. The standard InChI is InChI=1S/C17H28N4O2/c1-13(2)6-9-20-17(23)15-12-14(7-10-18-15)16(22)19-8-5-11-21(3)4/h7,10,12-13H,5-6,8-9,11H2,1-4H3,(H,19,22)(H,20,23). The molecular formula is C17H28N4O2. The Balaban J connectivity index is 2.51. The number of nitrogens with zero attached hydrogens (tertiary/aromatic N) is 2. The Bertz CT molecular complexity index is 515. The smallest absolute Gasteiger partial charge is 0.269 e. The number of amides is 2. The van der Waals surface area contributed by atoms with Crippen LogP contribution in [0.25, 0.3) is 0 Å². The zero-order valence-electron chi connectivity index (χ0n) is 14.6. The molecule has 0 aliphatic heterocycles. The molecule has 1 rings (SSSR count). The highest BCUT2D eigenvalue weighted by atomic mass is 16.2. The molecule has 0 aromatic carbocycles. The monoisotopic (exact) mass is 320 g/mol. The van der Waals surface area contributed by atoms with Crippen LogP contribution in [-0.4, -0.2) is 55.4 Å². The second kappa shape index (κ2) is 9.94. The van der Waals surface area contributed by atoms with Gasteiger partial charge in [0.25, 0.3) is 11.8 Å². The van der Waals surface area contributed by atoms with Crippen molar-refractivity contribution in [3.63, 3.8) is 0 Å². The second-order valence-electron chi connectivity index (χ2n) is 6.28. The second-order valence-corrected chi connectivity index (χ2v) is 6.28. The Morgan fingerprint density at radius 2 is 1.87 bits per heavy atom. The van der Waals surface area contributed by atoms with Gasteiger partial charge in [-0.25, -0.2) is 0 Å². The summed E-state index contributed by atoms with van der Waals surface area (Å²) in [5.41, 5.74) is 0.730. The van der Waals surface area contributed by atoms with Gasteiger partial charge in [0.05, 0.1) is 0 Å². The zero-order chi connectivity index (χ0) is 17.2. The Morgan fingerprint density at radius 3 is 2.52 bits per heavy atom. The highest BCUT2D eigenvalue weighted by molar-refractivity contribution is 5.98. The molecule has 0 spiro atoms. The lowest BCUT2D eigenvalue weighted by molar-refractivity contribution is 0.0947. The van der Waals surface area contributed by atoms with Crippen LogP contribution in [-0.2, 0) is 0 Å². The average Bonchev–Trinajstić information content (AvgIpc) is 2.50. The van der Waals surface area contributed by atoms with E-state index in [4.69, 9.17) is 0 Å². The largest absolute Gasteiger partial charge is 0.352 e. The minimum Gasteiger partial charge on any atom is -0.352 e. The molecule has 0 radical (unpaired) electrons. The number of carbonyl (C=O) groups is 2. The van der Waals surface area contributed by atoms with E-state index in [9.17, 15) is 9.59 Å². The predicted molar refractivity (Wildman–Crippen MR) is 91.5 cm³/mol. The Kier molecular flexibility index (Phi) is 8.26. The lowest BCUT2D eigenvalue weighted by atomic mass is 10.1. The topological polar surface area (TPSA) is 74.3 Å². The maximum atomic E-state index is 12.1. The van der Waals surface area contributed by atoms with Crippen LogP contribution >= 0.6 is 0 Å². The molecule has 2 N–H and O–H groups in total. The first kappa shape index (κ1) is 19.1. The molecule has 0 atom stereocenters. The highest BCUT2D eigenvalue weighted by Crippen LogP contribution is 2.03. The van der Waals surface area contributed by atoms with Crippen molar-refractivity contribution in [2.24, 2.45) is 5.92 Å². The number of rotatable bonds is 9. The molecule has 23 heavy (non-hydrogen) atoms. The van der Waals surface area contributed by atoms with Crippen LogP contribution in [0.4, 0.5) is 0 Å². The lowest BCUT2D eigenvalue weighted by Crippen LogP contribution is -2.29. The van der Waals surface area contributed by atoms with Gasteiger partial charge in [-0.05, 0) is 51.5 Å². The normalized spacial score (nSPS) is 10.9. The molecule has 0 unspecified atom stereocenters. The van der Waals surface area contributed by atoms with Crippen molar-refractivity contribution in [3.8, 4) is 0 Å². The number of aromatic nitrogens is 1. The fourth-order valence-electron chi connectivity index (χ4n) is 1.96. The van der Waals surface area contributed by atoms with Crippen LogP contribution in [0, 0.1) is 5.92 Å². The summed E-state index contributed by atoms with van der Waals surface area (Å²) in [6.45, 7) is 6.34. The van der Waals surface area contributed by atoms with Gasteiger partial charge in [0.1, 0.15) is 5.69 Å². The Morgan fingerprint density at radius 1 is 1.17 bits per heavy atom. The van der Waals surface area contributed by atoms with E-state index in [1.165, 1.54) is 12.3 Å². The van der Waals surface area contributed by atoms with Crippen molar-refractivity contribution in [3.05, 3.63) is 29.6 Å². The third-order valence-corrected chi connectivity index (χ3v) is 3.33. The molecule has 0 saturated heterocycles. The Labute approximate surface area is 138 Å². The number of carbonyl (C=O) groups excluding carboxylic acids is 2. The maximum Gasteiger partial charge on any atom is 0.269 e. The SMILES string of the molecule is CC(C)CCNC(=O)c1cc(C(=O)NCCCN(C)C)ccn1. The molecule has 0 bridgehead atoms. The van der Waals surface area contributed by atoms with E-state index in [1.54, 1.807) is 6.07 Å². The van der Waals surface area contributed by atoms with Crippen molar-refractivity contribution in [2.75, 3.05) is 33.7 Å². The molecule has 0 fully saturated rings. The molecular weight excluding hydrogens is 292 g/mol. The van der Waals surface area contributed by atoms with Gasteiger partial charge in [0.15, 0.2) is 0 Å². The van der Waals surface area contributed by atoms with Crippen molar-refractivity contribution in [1.82, 2.24) is 20.5 Å². The first-order chi connectivity index (χ1) is 10.9. The van der Waals surface area contributed by atoms with Gasteiger partial charge in [-0.1, -0.05) is 13.8 Å². The quantitative estimate of drug-likeness (QED) is 0.677. The summed E-state index contributed by atoms with van der Waals surface area (Å²) in [5, 5.41) is 5.68. The molecule has 0 aliphatic rings. The minimum absolute atomic E-state index is 0.178. The molecule has 0 aliphatic carbocycles. The van der Waals surface area contributed by atoms with Gasteiger partial charge >= 0.3 is 0 Å². The highest BCUT2D eigenvalue weighted by Gasteiger charge is 2.11. The number of pyridine rings is 1. The summed E-state index contributed by atoms with van der Waals surface area (Å²) >= 11 is 0. The van der Waals surface area contributed by atoms with E-state index in [0.717, 1.165) is 19.4 Å². The molecule has 128 valence electrons. The van der Waals surface area contributed by atoms with Crippen molar-refractivity contribution < 1.29 is 9.59 Å². The van der Waals surface area contributed by atoms with E-state index in [1.807, 2.05) is 14.1 Å². The lowest BCUT2D eigenvalue weighted by Gasteiger charge is -2.10. The van der Waals surface area contributed by atoms with E-state index < -0.39 is 0 Å². The molecule has 1 aromatic rings. The van der Waals surface area contributed by atoms with Crippen LogP contribution in [0.5, 0.6) is 0 Å². The average molecular weight is 320 g/mol. The summed E-state index contributed by atoms with van der Waals surface area (Å²) in [6.07, 6.45) is 3.29. The molecule has 6 nitrogen and oxygen atoms in total. The maximum absolute atomic E-state index is 12.1. The van der Waals surface area contributed by atoms with Gasteiger partial charge in [-0.15, -0.1) is 0 Å². The fourth-order valence-corrected chi connectivity index (χ4v) is 1.96. The summed E-state index contributed by atoms with van der Waals surface area (Å²) in [6, 6.07) is 3.15. The fraction of sp³-hybridized carbons (Fsp3) is 0.588. The van der Waals surface area contributed by atoms with E-state index in [-0.39, 0.29) is 17.5 Å². The van der Waals surface area contributed by atoms with Gasteiger partial charge in [-0.3, -0.25) is 14.6 Å². The number of hydrogen-bond acceptors (Lipinski definition) is 4. The molecule has 6 heteroatoms. The first-order valence-corrected chi connectivity index (χ1v) is 8.07. The Hall–Kier alpha value is -1.95. The zero-order valence-corrected chi connectivity index (χ0v) is 14.6. The van der Waals surface area contributed by atoms with Gasteiger partial charge in [-0.2, -0.15) is 0 Å². The van der Waals surface area contributed by atoms with Crippen molar-refractivity contribution >= 4 is 11.8 Å². The third-order valence-electron chi connectivity index (χ3n) is 3.33. The van der Waals surface area contributed by atoms with Crippen LogP contribution < -0.4 is 10.6 Å². The summed E-state index contributed by atoms with van der Waals surface area (Å²) < 4.78 is 0. The first-order valence-electron chi connectivity index (χ1n) is 8.07. The third kappa shape index (κ3) is 7.74. The number of hydrogen-bond donors (Lipinski definition) is 2. The minimum atomic E-state index is -0.243. The van der Waals surface area contributed by atoms with Gasteiger partial charge < -0.3 is 15.5 Å². The van der Waals surface area contributed by atoms with E-state index >= 15 is 0 Å². The van der Waals surface area contributed by atoms with Crippen molar-refractivity contribution in [2.45, 2.75) is 26.7 Å². The van der Waals surface area contributed by atoms with E-state index in [0.29, 0.717) is 24.6 Å². The van der Waals surface area contributed by atoms with Gasteiger partial charge in [0.2, 0.25) is 0 Å². The molecule has 1 aromatic heterocycles. The summed E-state index contributed by atoms with van der Waals surface area (Å²) in [4.78, 5) is 30.2. The summed E-state index contributed by atoms with van der Waals surface area (Å²) in [7, 11) is 3.99. The van der Waals surface area contributed by atoms with Crippen LogP contribution in [0.3, 0.4) is 0 Å². The van der Waals surface area contributed by atoms with Crippen LogP contribution in [0.2, 0.25) is 0 Å². The van der Waals surface area contributed by atoms with E-state index in [2.05, 4.69) is 34.4 Å². The molecule has 0 saturated carbocycles.